The third kappa shape index (κ3) is 5.30. The van der Waals surface area contributed by atoms with Gasteiger partial charge < -0.3 is 11.1 Å². The Kier molecular flexibility index (Phi) is 8.50. The molecule has 1 amide bonds. The zero-order valence-electron chi connectivity index (χ0n) is 16.8. The van der Waals surface area contributed by atoms with E-state index in [-0.39, 0.29) is 42.7 Å². The summed E-state index contributed by atoms with van der Waals surface area (Å²) in [5.41, 5.74) is 9.81. The van der Waals surface area contributed by atoms with Crippen LogP contribution in [0, 0.1) is 17.8 Å². The van der Waals surface area contributed by atoms with Crippen molar-refractivity contribution in [2.24, 2.45) is 23.5 Å². The van der Waals surface area contributed by atoms with Crippen LogP contribution in [0.1, 0.15) is 50.6 Å². The highest BCUT2D eigenvalue weighted by Gasteiger charge is 2.40. The topological polar surface area (TPSA) is 68.0 Å². The second-order valence-electron chi connectivity index (χ2n) is 8.28. The number of carbonyl (C=O) groups is 1. The van der Waals surface area contributed by atoms with Crippen LogP contribution in [0.25, 0.3) is 11.1 Å². The maximum absolute atomic E-state index is 12.8. The highest BCUT2D eigenvalue weighted by atomic mass is 35.5. The molecule has 0 radical (unpaired) electrons. The van der Waals surface area contributed by atoms with Gasteiger partial charge in [0.05, 0.1) is 6.04 Å². The standard InChI is InChI=1S/C23H29N3O.2ClH/c1-15(16-5-7-17(8-6-16)18-9-11-25-12-10-18)26-23(27)21-13-19-3-2-4-20(14-21)22(19)24;;/h5-12,15,19-22H,2-4,13-14,24H2,1H3,(H,26,27);2*1H. The van der Waals surface area contributed by atoms with Gasteiger partial charge in [-0.25, -0.2) is 0 Å². The third-order valence-corrected chi connectivity index (χ3v) is 6.57. The molecule has 2 fully saturated rings. The van der Waals surface area contributed by atoms with Gasteiger partial charge in [0.1, 0.15) is 0 Å². The largest absolute Gasteiger partial charge is 0.349 e. The number of fused-ring (bicyclic) bond motifs is 2. The lowest BCUT2D eigenvalue weighted by Gasteiger charge is -2.43. The number of benzene rings is 1. The molecule has 6 heteroatoms. The van der Waals surface area contributed by atoms with Crippen molar-refractivity contribution < 1.29 is 4.79 Å². The molecule has 2 aromatic rings. The number of nitrogens with two attached hydrogens (primary N) is 1. The lowest BCUT2D eigenvalue weighted by atomic mass is 9.65. The zero-order chi connectivity index (χ0) is 18.8. The predicted molar refractivity (Wildman–Crippen MR) is 122 cm³/mol. The molecule has 1 aromatic heterocycles. The molecule has 3 atom stereocenters. The summed E-state index contributed by atoms with van der Waals surface area (Å²) in [6, 6.07) is 12.8. The Labute approximate surface area is 185 Å². The highest BCUT2D eigenvalue weighted by Crippen LogP contribution is 2.42. The van der Waals surface area contributed by atoms with Crippen molar-refractivity contribution in [2.75, 3.05) is 0 Å². The normalized spacial score (nSPS) is 26.4. The molecule has 3 N–H and O–H groups in total. The van der Waals surface area contributed by atoms with Crippen molar-refractivity contribution in [1.82, 2.24) is 10.3 Å². The number of amides is 1. The summed E-state index contributed by atoms with van der Waals surface area (Å²) in [6.07, 6.45) is 9.17. The Morgan fingerprint density at radius 2 is 1.55 bits per heavy atom. The van der Waals surface area contributed by atoms with E-state index in [0.29, 0.717) is 17.9 Å². The smallest absolute Gasteiger partial charge is 0.223 e. The first-order valence-electron chi connectivity index (χ1n) is 10.2. The van der Waals surface area contributed by atoms with E-state index in [1.165, 1.54) is 19.3 Å². The third-order valence-electron chi connectivity index (χ3n) is 6.57. The number of nitrogens with one attached hydrogen (secondary N) is 1. The molecule has 4 rings (SSSR count). The van der Waals surface area contributed by atoms with Gasteiger partial charge in [-0.2, -0.15) is 0 Å². The molecule has 158 valence electrons. The Hall–Kier alpha value is -1.62. The molecular weight excluding hydrogens is 405 g/mol. The van der Waals surface area contributed by atoms with Crippen molar-refractivity contribution >= 4 is 30.7 Å². The Bertz CT molecular complexity index is 770. The summed E-state index contributed by atoms with van der Waals surface area (Å²) in [5, 5.41) is 3.24. The van der Waals surface area contributed by atoms with Crippen LogP contribution in [0.4, 0.5) is 0 Å². The number of hydrogen-bond acceptors (Lipinski definition) is 3. The maximum Gasteiger partial charge on any atom is 0.223 e. The van der Waals surface area contributed by atoms with Crippen LogP contribution in [-0.2, 0) is 4.79 Å². The van der Waals surface area contributed by atoms with Crippen molar-refractivity contribution in [3.05, 3.63) is 54.4 Å². The van der Waals surface area contributed by atoms with E-state index in [4.69, 9.17) is 5.73 Å². The molecule has 2 aliphatic rings. The molecule has 1 heterocycles. The van der Waals surface area contributed by atoms with Gasteiger partial charge in [0.15, 0.2) is 0 Å². The number of nitrogens with zero attached hydrogens (tertiary/aromatic N) is 1. The molecule has 4 nitrogen and oxygen atoms in total. The Morgan fingerprint density at radius 3 is 2.14 bits per heavy atom. The molecule has 2 saturated carbocycles. The summed E-state index contributed by atoms with van der Waals surface area (Å²) in [7, 11) is 0. The van der Waals surface area contributed by atoms with Crippen LogP contribution >= 0.6 is 24.8 Å². The van der Waals surface area contributed by atoms with Gasteiger partial charge in [0, 0.05) is 24.4 Å². The van der Waals surface area contributed by atoms with Crippen molar-refractivity contribution in [3.8, 4) is 11.1 Å². The van der Waals surface area contributed by atoms with E-state index in [1.54, 1.807) is 12.4 Å². The van der Waals surface area contributed by atoms with E-state index in [2.05, 4.69) is 41.5 Å². The number of halogens is 2. The average molecular weight is 436 g/mol. The zero-order valence-corrected chi connectivity index (χ0v) is 18.4. The first-order valence-corrected chi connectivity index (χ1v) is 10.2. The summed E-state index contributed by atoms with van der Waals surface area (Å²) in [5.74, 6) is 1.38. The fourth-order valence-corrected chi connectivity index (χ4v) is 4.93. The van der Waals surface area contributed by atoms with Crippen LogP contribution in [0.15, 0.2) is 48.8 Å². The van der Waals surface area contributed by atoms with Gasteiger partial charge in [0.2, 0.25) is 5.91 Å². The molecule has 2 bridgehead atoms. The van der Waals surface area contributed by atoms with Gasteiger partial charge in [-0.1, -0.05) is 30.7 Å². The summed E-state index contributed by atoms with van der Waals surface area (Å²) in [6.45, 7) is 2.06. The van der Waals surface area contributed by atoms with Crippen LogP contribution in [0.5, 0.6) is 0 Å². The van der Waals surface area contributed by atoms with Crippen molar-refractivity contribution in [3.63, 3.8) is 0 Å². The Balaban J connectivity index is 0.00000150. The molecule has 29 heavy (non-hydrogen) atoms. The second kappa shape index (κ2) is 10.4. The van der Waals surface area contributed by atoms with E-state index >= 15 is 0 Å². The summed E-state index contributed by atoms with van der Waals surface area (Å²) in [4.78, 5) is 16.9. The fraction of sp³-hybridized carbons (Fsp3) is 0.478. The monoisotopic (exact) mass is 435 g/mol. The second-order valence-corrected chi connectivity index (χ2v) is 8.28. The predicted octanol–water partition coefficient (Wildman–Crippen LogP) is 4.92. The molecule has 3 unspecified atom stereocenters. The van der Waals surface area contributed by atoms with E-state index in [0.717, 1.165) is 29.5 Å². The van der Waals surface area contributed by atoms with Crippen LogP contribution < -0.4 is 11.1 Å². The fourth-order valence-electron chi connectivity index (χ4n) is 4.93. The van der Waals surface area contributed by atoms with Crippen LogP contribution in [-0.4, -0.2) is 16.9 Å². The maximum atomic E-state index is 12.8. The van der Waals surface area contributed by atoms with E-state index < -0.39 is 0 Å². The number of aromatic nitrogens is 1. The Morgan fingerprint density at radius 1 is 1.00 bits per heavy atom. The lowest BCUT2D eigenvalue weighted by molar-refractivity contribution is -0.128. The van der Waals surface area contributed by atoms with Gasteiger partial charge in [-0.3, -0.25) is 9.78 Å². The average Bonchev–Trinajstić information content (AvgIpc) is 2.68. The van der Waals surface area contributed by atoms with Gasteiger partial charge in [-0.05, 0) is 73.3 Å². The first kappa shape index (κ1) is 23.7. The molecule has 2 aliphatic carbocycles. The molecular formula is C23H31Cl2N3O. The first-order chi connectivity index (χ1) is 13.1. The molecule has 0 aliphatic heterocycles. The number of pyridine rings is 1. The minimum atomic E-state index is 0. The summed E-state index contributed by atoms with van der Waals surface area (Å²) >= 11 is 0. The van der Waals surface area contributed by atoms with Crippen molar-refractivity contribution in [2.45, 2.75) is 51.1 Å². The SMILES string of the molecule is CC(NC(=O)C1CC2CCCC(C1)C2N)c1ccc(-c2ccncc2)cc1.Cl.Cl. The minimum Gasteiger partial charge on any atom is -0.349 e. The molecule has 0 spiro atoms. The summed E-state index contributed by atoms with van der Waals surface area (Å²) < 4.78 is 0. The molecule has 1 aromatic carbocycles. The number of hydrogen-bond donors (Lipinski definition) is 2. The number of carbonyl (C=O) groups excluding carboxylic acids is 1. The van der Waals surface area contributed by atoms with Gasteiger partial charge in [0.25, 0.3) is 0 Å². The van der Waals surface area contributed by atoms with Gasteiger partial charge in [-0.15, -0.1) is 24.8 Å². The van der Waals surface area contributed by atoms with Crippen molar-refractivity contribution in [1.29, 1.82) is 0 Å². The quantitative estimate of drug-likeness (QED) is 0.715. The number of rotatable bonds is 4. The van der Waals surface area contributed by atoms with E-state index in [1.807, 2.05) is 12.1 Å². The lowest BCUT2D eigenvalue weighted by Crippen LogP contribution is -2.49. The van der Waals surface area contributed by atoms with E-state index in [9.17, 15) is 4.79 Å². The van der Waals surface area contributed by atoms with Gasteiger partial charge >= 0.3 is 0 Å². The molecule has 0 saturated heterocycles. The van der Waals surface area contributed by atoms with Crippen LogP contribution in [0.3, 0.4) is 0 Å². The highest BCUT2D eigenvalue weighted by molar-refractivity contribution is 5.85. The van der Waals surface area contributed by atoms with Crippen LogP contribution in [0.2, 0.25) is 0 Å². The minimum absolute atomic E-state index is 0.